The predicted octanol–water partition coefficient (Wildman–Crippen LogP) is 4.88. The molecule has 0 aromatic heterocycles. The Labute approximate surface area is 122 Å². The quantitative estimate of drug-likeness (QED) is 0.734. The second-order valence-corrected chi connectivity index (χ2v) is 5.78. The third-order valence-corrected chi connectivity index (χ3v) is 3.77. The van der Waals surface area contributed by atoms with Gasteiger partial charge in [0.25, 0.3) is 0 Å². The predicted molar refractivity (Wildman–Crippen MR) is 82.7 cm³/mol. The van der Waals surface area contributed by atoms with E-state index in [9.17, 15) is 4.79 Å². The maximum absolute atomic E-state index is 12.1. The van der Waals surface area contributed by atoms with Crippen LogP contribution < -0.4 is 0 Å². The molecule has 1 nitrogen and oxygen atoms in total. The minimum atomic E-state index is 0.196. The highest BCUT2D eigenvalue weighted by molar-refractivity contribution is 9.10. The molecule has 0 bridgehead atoms. The van der Waals surface area contributed by atoms with Crippen molar-refractivity contribution in [2.45, 2.75) is 26.7 Å². The van der Waals surface area contributed by atoms with E-state index in [4.69, 9.17) is 0 Å². The maximum atomic E-state index is 12.1. The lowest BCUT2D eigenvalue weighted by Crippen LogP contribution is -2.02. The molecule has 2 heteroatoms. The second kappa shape index (κ2) is 6.16. The number of rotatable bonds is 4. The number of ketones is 1. The van der Waals surface area contributed by atoms with Crippen LogP contribution in [-0.2, 0) is 6.42 Å². The molecule has 0 amide bonds. The van der Waals surface area contributed by atoms with Crippen molar-refractivity contribution < 1.29 is 4.79 Å². The van der Waals surface area contributed by atoms with E-state index < -0.39 is 0 Å². The third-order valence-electron chi connectivity index (χ3n) is 3.27. The van der Waals surface area contributed by atoms with Crippen molar-refractivity contribution >= 4 is 21.7 Å². The van der Waals surface area contributed by atoms with Crippen LogP contribution in [0.3, 0.4) is 0 Å². The molecule has 0 aliphatic heterocycles. The molecule has 0 radical (unpaired) electrons. The van der Waals surface area contributed by atoms with Gasteiger partial charge in [0.1, 0.15) is 0 Å². The highest BCUT2D eigenvalue weighted by Crippen LogP contribution is 2.16. The normalized spacial score (nSPS) is 10.5. The van der Waals surface area contributed by atoms with Crippen molar-refractivity contribution in [1.29, 1.82) is 0 Å². The summed E-state index contributed by atoms with van der Waals surface area (Å²) in [5.74, 6) is 0.196. The number of aryl methyl sites for hydroxylation is 3. The summed E-state index contributed by atoms with van der Waals surface area (Å²) >= 11 is 3.40. The van der Waals surface area contributed by atoms with Gasteiger partial charge in [-0.05, 0) is 43.5 Å². The van der Waals surface area contributed by atoms with Crippen molar-refractivity contribution in [3.8, 4) is 0 Å². The highest BCUT2D eigenvalue weighted by atomic mass is 79.9. The van der Waals surface area contributed by atoms with Crippen LogP contribution in [0.2, 0.25) is 0 Å². The Balaban J connectivity index is 2.06. The fraction of sp³-hybridized carbons (Fsp3) is 0.235. The molecule has 2 aromatic carbocycles. The molecule has 0 saturated carbocycles. The van der Waals surface area contributed by atoms with E-state index in [1.165, 1.54) is 16.7 Å². The molecule has 19 heavy (non-hydrogen) atoms. The molecule has 0 aliphatic carbocycles. The van der Waals surface area contributed by atoms with Crippen molar-refractivity contribution in [1.82, 2.24) is 0 Å². The number of hydrogen-bond acceptors (Lipinski definition) is 1. The lowest BCUT2D eigenvalue weighted by atomic mass is 9.98. The van der Waals surface area contributed by atoms with Crippen LogP contribution in [0, 0.1) is 13.8 Å². The van der Waals surface area contributed by atoms with Gasteiger partial charge in [-0.3, -0.25) is 4.79 Å². The molecule has 0 spiro atoms. The van der Waals surface area contributed by atoms with Crippen LogP contribution in [-0.4, -0.2) is 5.78 Å². The van der Waals surface area contributed by atoms with E-state index in [-0.39, 0.29) is 5.78 Å². The van der Waals surface area contributed by atoms with E-state index in [2.05, 4.69) is 48.0 Å². The Hall–Kier alpha value is -1.41. The van der Waals surface area contributed by atoms with Crippen LogP contribution in [0.25, 0.3) is 0 Å². The first-order valence-electron chi connectivity index (χ1n) is 6.41. The Kier molecular flexibility index (Phi) is 4.54. The van der Waals surface area contributed by atoms with Crippen LogP contribution in [0.4, 0.5) is 0 Å². The number of benzene rings is 2. The summed E-state index contributed by atoms with van der Waals surface area (Å²) in [5, 5.41) is 0. The third kappa shape index (κ3) is 3.77. The molecule has 0 saturated heterocycles. The van der Waals surface area contributed by atoms with Crippen LogP contribution in [0.15, 0.2) is 46.9 Å². The van der Waals surface area contributed by atoms with Gasteiger partial charge in [0.2, 0.25) is 0 Å². The molecule has 0 fully saturated rings. The summed E-state index contributed by atoms with van der Waals surface area (Å²) < 4.78 is 0.949. The molecular formula is C17H17BrO. The Morgan fingerprint density at radius 2 is 1.89 bits per heavy atom. The Morgan fingerprint density at radius 1 is 1.11 bits per heavy atom. The zero-order valence-electron chi connectivity index (χ0n) is 11.2. The number of carbonyl (C=O) groups is 1. The molecule has 2 rings (SSSR count). The van der Waals surface area contributed by atoms with Crippen molar-refractivity contribution in [3.05, 3.63) is 69.2 Å². The Morgan fingerprint density at radius 3 is 2.63 bits per heavy atom. The van der Waals surface area contributed by atoms with E-state index in [0.717, 1.165) is 16.5 Å². The lowest BCUT2D eigenvalue weighted by molar-refractivity contribution is 0.0982. The summed E-state index contributed by atoms with van der Waals surface area (Å²) in [6, 6.07) is 14.0. The van der Waals surface area contributed by atoms with Crippen molar-refractivity contribution in [2.75, 3.05) is 0 Å². The highest BCUT2D eigenvalue weighted by Gasteiger charge is 2.07. The zero-order valence-corrected chi connectivity index (χ0v) is 12.8. The van der Waals surface area contributed by atoms with Gasteiger partial charge in [-0.1, -0.05) is 51.8 Å². The number of Topliss-reactive ketones (excluding diaryl/α,β-unsaturated/α-hetero) is 1. The monoisotopic (exact) mass is 316 g/mol. The molecule has 0 N–H and O–H groups in total. The fourth-order valence-corrected chi connectivity index (χ4v) is 2.52. The molecular weight excluding hydrogens is 300 g/mol. The summed E-state index contributed by atoms with van der Waals surface area (Å²) in [7, 11) is 0. The van der Waals surface area contributed by atoms with E-state index in [1.54, 1.807) is 0 Å². The zero-order chi connectivity index (χ0) is 13.8. The number of hydrogen-bond donors (Lipinski definition) is 0. The summed E-state index contributed by atoms with van der Waals surface area (Å²) in [6.07, 6.45) is 1.36. The van der Waals surface area contributed by atoms with E-state index >= 15 is 0 Å². The van der Waals surface area contributed by atoms with Gasteiger partial charge in [0.05, 0.1) is 0 Å². The fourth-order valence-electron chi connectivity index (χ4n) is 2.12. The van der Waals surface area contributed by atoms with Crippen LogP contribution in [0.5, 0.6) is 0 Å². The molecule has 0 unspecified atom stereocenters. The number of halogens is 1. The second-order valence-electron chi connectivity index (χ2n) is 4.86. The average molecular weight is 317 g/mol. The molecule has 2 aromatic rings. The van der Waals surface area contributed by atoms with Gasteiger partial charge >= 0.3 is 0 Å². The minimum Gasteiger partial charge on any atom is -0.294 e. The first-order valence-corrected chi connectivity index (χ1v) is 7.20. The first-order chi connectivity index (χ1) is 9.06. The molecule has 0 atom stereocenters. The van der Waals surface area contributed by atoms with Gasteiger partial charge in [-0.15, -0.1) is 0 Å². The van der Waals surface area contributed by atoms with Crippen molar-refractivity contribution in [2.24, 2.45) is 0 Å². The van der Waals surface area contributed by atoms with Gasteiger partial charge in [-0.25, -0.2) is 0 Å². The summed E-state index contributed by atoms with van der Waals surface area (Å²) in [4.78, 5) is 12.1. The Bertz CT molecular complexity index is 602. The number of carbonyl (C=O) groups excluding carboxylic acids is 1. The standard InChI is InChI=1S/C17H17BrO/c1-12-6-7-13(2)14(10-12)8-9-17(19)15-4-3-5-16(18)11-15/h3-7,10-11H,8-9H2,1-2H3. The molecule has 98 valence electrons. The van der Waals surface area contributed by atoms with E-state index in [1.807, 2.05) is 24.3 Å². The van der Waals surface area contributed by atoms with Gasteiger partial charge < -0.3 is 0 Å². The van der Waals surface area contributed by atoms with Gasteiger partial charge in [0, 0.05) is 16.5 Å². The average Bonchev–Trinajstić information content (AvgIpc) is 2.39. The lowest BCUT2D eigenvalue weighted by Gasteiger charge is -2.07. The maximum Gasteiger partial charge on any atom is 0.163 e. The van der Waals surface area contributed by atoms with Gasteiger partial charge in [0.15, 0.2) is 5.78 Å². The SMILES string of the molecule is Cc1ccc(C)c(CCC(=O)c2cccc(Br)c2)c1. The van der Waals surface area contributed by atoms with Crippen LogP contribution in [0.1, 0.15) is 33.5 Å². The molecule has 0 aliphatic rings. The smallest absolute Gasteiger partial charge is 0.163 e. The largest absolute Gasteiger partial charge is 0.294 e. The topological polar surface area (TPSA) is 17.1 Å². The first kappa shape index (κ1) is 14.0. The summed E-state index contributed by atoms with van der Waals surface area (Å²) in [5.41, 5.74) is 4.55. The summed E-state index contributed by atoms with van der Waals surface area (Å²) in [6.45, 7) is 4.18. The van der Waals surface area contributed by atoms with E-state index in [0.29, 0.717) is 6.42 Å². The molecule has 0 heterocycles. The van der Waals surface area contributed by atoms with Crippen molar-refractivity contribution in [3.63, 3.8) is 0 Å². The minimum absolute atomic E-state index is 0.196. The van der Waals surface area contributed by atoms with Crippen LogP contribution >= 0.6 is 15.9 Å². The van der Waals surface area contributed by atoms with Gasteiger partial charge in [-0.2, -0.15) is 0 Å².